The van der Waals surface area contributed by atoms with E-state index < -0.39 is 11.9 Å². The molecule has 1 aromatic heterocycles. The molecule has 0 aliphatic carbocycles. The van der Waals surface area contributed by atoms with E-state index in [-0.39, 0.29) is 33.8 Å². The highest BCUT2D eigenvalue weighted by molar-refractivity contribution is 7.07. The van der Waals surface area contributed by atoms with E-state index in [4.69, 9.17) is 9.84 Å². The molecule has 0 atom stereocenters. The first kappa shape index (κ1) is 27.1. The summed E-state index contributed by atoms with van der Waals surface area (Å²) in [4.78, 5) is 48.5. The number of methoxy groups -OCH3 is 1. The van der Waals surface area contributed by atoms with Crippen molar-refractivity contribution in [2.75, 3.05) is 24.4 Å². The second-order valence-corrected chi connectivity index (χ2v) is 8.88. The fourth-order valence-corrected chi connectivity index (χ4v) is 4.50. The van der Waals surface area contributed by atoms with Crippen LogP contribution in [0.15, 0.2) is 53.3 Å². The zero-order chi connectivity index (χ0) is 26.9. The Kier molecular flexibility index (Phi) is 9.10. The maximum absolute atomic E-state index is 13.2. The first-order valence-corrected chi connectivity index (χ1v) is 11.9. The van der Waals surface area contributed by atoms with Gasteiger partial charge in [0.05, 0.1) is 10.1 Å². The lowest BCUT2D eigenvalue weighted by molar-refractivity contribution is -0.114. The number of nitriles is 1. The van der Waals surface area contributed by atoms with Gasteiger partial charge in [0.1, 0.15) is 10.7 Å². The Morgan fingerprint density at radius 2 is 1.70 bits per heavy atom. The van der Waals surface area contributed by atoms with Gasteiger partial charge in [0.15, 0.2) is 5.57 Å². The molecule has 0 saturated heterocycles. The number of nitrogens with zero attached hydrogens (tertiary/aromatic N) is 2. The molecule has 0 fully saturated rings. The molecule has 37 heavy (non-hydrogen) atoms. The Hall–Kier alpha value is -4.53. The van der Waals surface area contributed by atoms with Gasteiger partial charge in [-0.2, -0.15) is 5.26 Å². The molecule has 0 bridgehead atoms. The van der Waals surface area contributed by atoms with Gasteiger partial charge in [-0.15, -0.1) is 11.3 Å². The maximum atomic E-state index is 13.2. The summed E-state index contributed by atoms with van der Waals surface area (Å²) in [6, 6.07) is 14.3. The van der Waals surface area contributed by atoms with E-state index in [9.17, 15) is 24.4 Å². The van der Waals surface area contributed by atoms with E-state index in [1.54, 1.807) is 30.3 Å². The van der Waals surface area contributed by atoms with Gasteiger partial charge in [0, 0.05) is 38.6 Å². The average molecular weight is 521 g/mol. The Balaban J connectivity index is 2.05. The lowest BCUT2D eigenvalue weighted by atomic mass is 10.2. The van der Waals surface area contributed by atoms with Crippen LogP contribution in [0.3, 0.4) is 0 Å². The van der Waals surface area contributed by atoms with Crippen molar-refractivity contribution in [2.45, 2.75) is 19.9 Å². The van der Waals surface area contributed by atoms with Crippen LogP contribution in [-0.2, 0) is 20.9 Å². The number of carbonyl (C=O) groups excluding carboxylic acids is 2. The van der Waals surface area contributed by atoms with E-state index in [1.165, 1.54) is 42.9 Å². The molecule has 0 aliphatic heterocycles. The molecule has 0 aliphatic rings. The van der Waals surface area contributed by atoms with Crippen LogP contribution in [0.5, 0.6) is 0 Å². The van der Waals surface area contributed by atoms with Crippen molar-refractivity contribution in [3.05, 3.63) is 79.2 Å². The molecule has 3 N–H and O–H groups in total. The smallest absolute Gasteiger partial charge is 0.335 e. The summed E-state index contributed by atoms with van der Waals surface area (Å²) in [7, 11) is 1.54. The lowest BCUT2D eigenvalue weighted by Gasteiger charge is -2.06. The number of thiazole rings is 1. The normalized spacial score (nSPS) is 12.0. The van der Waals surface area contributed by atoms with Crippen LogP contribution in [0.25, 0.3) is 11.6 Å². The number of aromatic nitrogens is 1. The molecular formula is C26H24N4O6S. The first-order valence-electron chi connectivity index (χ1n) is 11.1. The van der Waals surface area contributed by atoms with Gasteiger partial charge in [-0.25, -0.2) is 4.79 Å². The Morgan fingerprint density at radius 1 is 1.08 bits per heavy atom. The summed E-state index contributed by atoms with van der Waals surface area (Å²) in [5.74, 6) is -2.03. The van der Waals surface area contributed by atoms with Crippen molar-refractivity contribution in [1.29, 1.82) is 5.26 Å². The quantitative estimate of drug-likeness (QED) is 0.364. The predicted octanol–water partition coefficient (Wildman–Crippen LogP) is 1.74. The second kappa shape index (κ2) is 12.4. The summed E-state index contributed by atoms with van der Waals surface area (Å²) < 4.78 is 6.99. The number of carboxylic acid groups (broad SMARTS) is 1. The molecule has 11 heteroatoms. The van der Waals surface area contributed by atoms with Crippen molar-refractivity contribution in [3.63, 3.8) is 0 Å². The van der Waals surface area contributed by atoms with Crippen LogP contribution in [0.2, 0.25) is 0 Å². The Morgan fingerprint density at radius 3 is 2.27 bits per heavy atom. The largest absolute Gasteiger partial charge is 0.478 e. The molecule has 10 nitrogen and oxygen atoms in total. The standard InChI is InChI=1S/C26H24N4O6S/c1-16(31)28-19-8-4-17(5-9-19)14-22-24(33)30(12-3-13-36-2)25(37-22)21(15-27)23(32)29-20-10-6-18(7-11-20)26(34)35/h4-11,14H,3,12-13H2,1-2H3,(H,28,31)(H,29,32)(H,34,35)/b22-14-,25-21+. The molecule has 2 aromatic carbocycles. The third-order valence-electron chi connectivity index (χ3n) is 5.11. The maximum Gasteiger partial charge on any atom is 0.335 e. The van der Waals surface area contributed by atoms with E-state index in [0.717, 1.165) is 11.3 Å². The number of hydrogen-bond donors (Lipinski definition) is 3. The fourth-order valence-electron chi connectivity index (χ4n) is 3.38. The van der Waals surface area contributed by atoms with Gasteiger partial charge in [-0.05, 0) is 54.5 Å². The minimum atomic E-state index is -1.10. The molecule has 0 spiro atoms. The van der Waals surface area contributed by atoms with Crippen molar-refractivity contribution in [3.8, 4) is 6.07 Å². The number of benzene rings is 2. The molecule has 3 rings (SSSR count). The zero-order valence-electron chi connectivity index (χ0n) is 20.1. The second-order valence-electron chi connectivity index (χ2n) is 7.85. The highest BCUT2D eigenvalue weighted by atomic mass is 32.1. The van der Waals surface area contributed by atoms with Crippen molar-refractivity contribution >= 4 is 52.1 Å². The van der Waals surface area contributed by atoms with Gasteiger partial charge < -0.3 is 20.5 Å². The van der Waals surface area contributed by atoms with Crippen LogP contribution in [0.4, 0.5) is 11.4 Å². The predicted molar refractivity (Wildman–Crippen MR) is 140 cm³/mol. The van der Waals surface area contributed by atoms with E-state index in [0.29, 0.717) is 34.5 Å². The minimum Gasteiger partial charge on any atom is -0.478 e. The number of anilines is 2. The van der Waals surface area contributed by atoms with Gasteiger partial charge in [-0.3, -0.25) is 19.0 Å². The minimum absolute atomic E-state index is 0.0537. The molecule has 0 saturated carbocycles. The SMILES string of the molecule is COCCCn1c(=O)/c(=C/c2ccc(NC(C)=O)cc2)s/c1=C(\C#N)C(=O)Nc1ccc(C(=O)O)cc1. The monoisotopic (exact) mass is 520 g/mol. The molecule has 2 amide bonds. The molecule has 0 unspecified atom stereocenters. The van der Waals surface area contributed by atoms with Gasteiger partial charge >= 0.3 is 5.97 Å². The van der Waals surface area contributed by atoms with Crippen molar-refractivity contribution in [1.82, 2.24) is 4.57 Å². The summed E-state index contributed by atoms with van der Waals surface area (Å²) in [5.41, 5.74) is 1.07. The van der Waals surface area contributed by atoms with Crippen LogP contribution in [-0.4, -0.2) is 41.2 Å². The van der Waals surface area contributed by atoms with Crippen LogP contribution >= 0.6 is 11.3 Å². The van der Waals surface area contributed by atoms with Gasteiger partial charge in [-0.1, -0.05) is 12.1 Å². The third-order valence-corrected chi connectivity index (χ3v) is 6.24. The van der Waals surface area contributed by atoms with E-state index >= 15 is 0 Å². The number of rotatable bonds is 9. The number of hydrogen-bond acceptors (Lipinski definition) is 7. The van der Waals surface area contributed by atoms with Gasteiger partial charge in [0.25, 0.3) is 11.5 Å². The molecular weight excluding hydrogens is 496 g/mol. The molecule has 190 valence electrons. The number of amides is 2. The molecule has 1 heterocycles. The summed E-state index contributed by atoms with van der Waals surface area (Å²) in [5, 5.41) is 24.1. The van der Waals surface area contributed by atoms with Crippen molar-refractivity contribution in [2.24, 2.45) is 0 Å². The van der Waals surface area contributed by atoms with Crippen molar-refractivity contribution < 1.29 is 24.2 Å². The number of carboxylic acids is 1. The number of ether oxygens (including phenoxy) is 1. The van der Waals surface area contributed by atoms with Gasteiger partial charge in [0.2, 0.25) is 5.91 Å². The lowest BCUT2D eigenvalue weighted by Crippen LogP contribution is -2.34. The summed E-state index contributed by atoms with van der Waals surface area (Å²) in [6.07, 6.45) is 2.14. The first-order chi connectivity index (χ1) is 17.7. The highest BCUT2D eigenvalue weighted by Crippen LogP contribution is 2.12. The van der Waals surface area contributed by atoms with Crippen LogP contribution < -0.4 is 25.4 Å². The topological polar surface area (TPSA) is 151 Å². The summed E-state index contributed by atoms with van der Waals surface area (Å²) >= 11 is 1.02. The highest BCUT2D eigenvalue weighted by Gasteiger charge is 2.16. The third kappa shape index (κ3) is 7.00. The average Bonchev–Trinajstić information content (AvgIpc) is 3.15. The Labute approximate surface area is 215 Å². The number of carbonyl (C=O) groups is 3. The molecule has 3 aromatic rings. The fraction of sp³-hybridized carbons (Fsp3) is 0.192. The van der Waals surface area contributed by atoms with E-state index in [1.807, 2.05) is 6.07 Å². The number of aromatic carboxylic acids is 1. The molecule has 0 radical (unpaired) electrons. The number of nitrogens with one attached hydrogen (secondary N) is 2. The van der Waals surface area contributed by atoms with E-state index in [2.05, 4.69) is 10.6 Å². The van der Waals surface area contributed by atoms with Crippen LogP contribution in [0, 0.1) is 11.3 Å². The summed E-state index contributed by atoms with van der Waals surface area (Å²) in [6.45, 7) is 2.03. The van der Waals surface area contributed by atoms with Crippen LogP contribution in [0.1, 0.15) is 29.3 Å². The Bertz CT molecular complexity index is 1530. The zero-order valence-corrected chi connectivity index (χ0v) is 20.9.